The van der Waals surface area contributed by atoms with E-state index in [0.717, 1.165) is 17.4 Å². The minimum atomic E-state index is -5.34. The van der Waals surface area contributed by atoms with E-state index >= 15 is 0 Å². The molecular formula is C12H8F5NO4. The lowest BCUT2D eigenvalue weighted by atomic mass is 10.0. The molecule has 2 N–H and O–H groups in total. The molecule has 120 valence electrons. The van der Waals surface area contributed by atoms with Crippen LogP contribution in [0.1, 0.15) is 16.8 Å². The maximum Gasteiger partial charge on any atom is 0.471 e. The van der Waals surface area contributed by atoms with Crippen molar-refractivity contribution in [3.63, 3.8) is 0 Å². The van der Waals surface area contributed by atoms with Crippen molar-refractivity contribution in [1.82, 2.24) is 5.32 Å². The summed E-state index contributed by atoms with van der Waals surface area (Å²) < 4.78 is 62.2. The van der Waals surface area contributed by atoms with E-state index in [1.807, 2.05) is 0 Å². The monoisotopic (exact) mass is 325 g/mol. The van der Waals surface area contributed by atoms with Gasteiger partial charge in [0.05, 0.1) is 5.56 Å². The number of hydrogen-bond acceptors (Lipinski definition) is 3. The number of alkyl halides is 3. The van der Waals surface area contributed by atoms with Gasteiger partial charge < -0.3 is 10.4 Å². The fourth-order valence-electron chi connectivity index (χ4n) is 1.45. The SMILES string of the molecule is O=C(C[C@H](NC(=O)C(F)(F)F)C(=O)O)c1ccc(F)cc1F. The number of hydrogen-bond donors (Lipinski definition) is 2. The highest BCUT2D eigenvalue weighted by Gasteiger charge is 2.41. The second-order valence-electron chi connectivity index (χ2n) is 4.11. The van der Waals surface area contributed by atoms with Crippen LogP contribution < -0.4 is 5.32 Å². The summed E-state index contributed by atoms with van der Waals surface area (Å²) in [5.41, 5.74) is -0.700. The number of Topliss-reactive ketones (excluding diaryl/α,β-unsaturated/α-hetero) is 1. The first-order valence-electron chi connectivity index (χ1n) is 5.61. The number of carbonyl (C=O) groups is 3. The lowest BCUT2D eigenvalue weighted by Gasteiger charge is -2.15. The van der Waals surface area contributed by atoms with Gasteiger partial charge in [0, 0.05) is 12.5 Å². The highest BCUT2D eigenvalue weighted by molar-refractivity contribution is 6.00. The normalized spacial score (nSPS) is 12.6. The first-order valence-corrected chi connectivity index (χ1v) is 5.61. The van der Waals surface area contributed by atoms with Gasteiger partial charge in [-0.25, -0.2) is 13.6 Å². The molecule has 0 bridgehead atoms. The molecule has 0 spiro atoms. The van der Waals surface area contributed by atoms with Gasteiger partial charge in [-0.2, -0.15) is 13.2 Å². The van der Waals surface area contributed by atoms with Crippen LogP contribution in [0, 0.1) is 11.6 Å². The summed E-state index contributed by atoms with van der Waals surface area (Å²) in [6, 6.07) is -0.402. The van der Waals surface area contributed by atoms with E-state index in [1.54, 1.807) is 0 Å². The van der Waals surface area contributed by atoms with Gasteiger partial charge in [0.2, 0.25) is 0 Å². The van der Waals surface area contributed by atoms with Crippen molar-refractivity contribution in [2.75, 3.05) is 0 Å². The molecule has 0 aliphatic carbocycles. The number of halogens is 5. The second kappa shape index (κ2) is 6.50. The van der Waals surface area contributed by atoms with Crippen LogP contribution in [0.2, 0.25) is 0 Å². The molecule has 0 saturated heterocycles. The minimum absolute atomic E-state index is 0.358. The standard InChI is InChI=1S/C12H8F5NO4/c13-5-1-2-6(7(14)3-5)9(19)4-8(10(20)21)18-11(22)12(15,16)17/h1-3,8H,4H2,(H,18,22)(H,20,21)/t8-/m0/s1. The summed E-state index contributed by atoms with van der Waals surface area (Å²) in [6.07, 6.45) is -6.46. The molecule has 0 radical (unpaired) electrons. The zero-order chi connectivity index (χ0) is 17.1. The largest absolute Gasteiger partial charge is 0.480 e. The Morgan fingerprint density at radius 1 is 1.18 bits per heavy atom. The molecule has 1 rings (SSSR count). The van der Waals surface area contributed by atoms with Gasteiger partial charge in [0.1, 0.15) is 17.7 Å². The predicted octanol–water partition coefficient (Wildman–Crippen LogP) is 1.67. The minimum Gasteiger partial charge on any atom is -0.480 e. The highest BCUT2D eigenvalue weighted by Crippen LogP contribution is 2.16. The topological polar surface area (TPSA) is 83.5 Å². The molecule has 10 heteroatoms. The number of carboxylic acid groups (broad SMARTS) is 1. The van der Waals surface area contributed by atoms with Crippen LogP contribution in [0.15, 0.2) is 18.2 Å². The molecule has 0 unspecified atom stereocenters. The Morgan fingerprint density at radius 3 is 2.23 bits per heavy atom. The molecule has 0 heterocycles. The first-order chi connectivity index (χ1) is 10.0. The average molecular weight is 325 g/mol. The van der Waals surface area contributed by atoms with Gasteiger partial charge in [-0.05, 0) is 12.1 Å². The smallest absolute Gasteiger partial charge is 0.471 e. The van der Waals surface area contributed by atoms with E-state index in [0.29, 0.717) is 6.07 Å². The number of carbonyl (C=O) groups excluding carboxylic acids is 2. The van der Waals surface area contributed by atoms with E-state index in [2.05, 4.69) is 0 Å². The van der Waals surface area contributed by atoms with Crippen LogP contribution in [-0.2, 0) is 9.59 Å². The van der Waals surface area contributed by atoms with Gasteiger partial charge in [0.25, 0.3) is 0 Å². The molecule has 1 amide bonds. The molecule has 1 atom stereocenters. The van der Waals surface area contributed by atoms with Crippen LogP contribution in [0.5, 0.6) is 0 Å². The van der Waals surface area contributed by atoms with Crippen molar-refractivity contribution in [1.29, 1.82) is 0 Å². The predicted molar refractivity (Wildman–Crippen MR) is 60.9 cm³/mol. The summed E-state index contributed by atoms with van der Waals surface area (Å²) in [6.45, 7) is 0. The Kier molecular flexibility index (Phi) is 5.18. The number of aliphatic carboxylic acids is 1. The lowest BCUT2D eigenvalue weighted by Crippen LogP contribution is -2.47. The Morgan fingerprint density at radius 2 is 1.77 bits per heavy atom. The first kappa shape index (κ1) is 17.5. The lowest BCUT2D eigenvalue weighted by molar-refractivity contribution is -0.175. The summed E-state index contributed by atoms with van der Waals surface area (Å²) in [5, 5.41) is 9.82. The van der Waals surface area contributed by atoms with Gasteiger partial charge in [-0.15, -0.1) is 0 Å². The average Bonchev–Trinajstić information content (AvgIpc) is 2.36. The molecule has 5 nitrogen and oxygen atoms in total. The highest BCUT2D eigenvalue weighted by atomic mass is 19.4. The Bertz CT molecular complexity index is 614. The van der Waals surface area contributed by atoms with Crippen molar-refractivity contribution in [2.45, 2.75) is 18.6 Å². The van der Waals surface area contributed by atoms with Gasteiger partial charge in [0.15, 0.2) is 5.78 Å². The van der Waals surface area contributed by atoms with E-state index in [-0.39, 0.29) is 0 Å². The van der Waals surface area contributed by atoms with Crippen molar-refractivity contribution in [3.8, 4) is 0 Å². The fraction of sp³-hybridized carbons (Fsp3) is 0.250. The van der Waals surface area contributed by atoms with Crippen LogP contribution in [0.3, 0.4) is 0 Å². The van der Waals surface area contributed by atoms with Crippen LogP contribution in [-0.4, -0.2) is 35.0 Å². The third-order valence-corrected chi connectivity index (χ3v) is 2.48. The van der Waals surface area contributed by atoms with E-state index in [9.17, 15) is 36.3 Å². The summed E-state index contributed by atoms with van der Waals surface area (Å²) in [5.74, 6) is -7.95. The van der Waals surface area contributed by atoms with Gasteiger partial charge >= 0.3 is 18.1 Å². The quantitative estimate of drug-likeness (QED) is 0.637. The molecule has 1 aromatic rings. The third kappa shape index (κ3) is 4.50. The Balaban J connectivity index is 2.89. The van der Waals surface area contributed by atoms with Crippen molar-refractivity contribution in [2.24, 2.45) is 0 Å². The van der Waals surface area contributed by atoms with E-state index < -0.39 is 53.5 Å². The number of rotatable bonds is 5. The molecule has 22 heavy (non-hydrogen) atoms. The molecule has 0 aromatic heterocycles. The molecule has 0 aliphatic rings. The van der Waals surface area contributed by atoms with E-state index in [1.165, 1.54) is 0 Å². The van der Waals surface area contributed by atoms with Gasteiger partial charge in [-0.3, -0.25) is 9.59 Å². The summed E-state index contributed by atoms with van der Waals surface area (Å²) in [7, 11) is 0. The van der Waals surface area contributed by atoms with Crippen molar-refractivity contribution < 1.29 is 41.4 Å². The maximum atomic E-state index is 13.3. The molecular weight excluding hydrogens is 317 g/mol. The number of carboxylic acids is 1. The Hall–Kier alpha value is -2.52. The van der Waals surface area contributed by atoms with Crippen LogP contribution in [0.25, 0.3) is 0 Å². The molecule has 0 aliphatic heterocycles. The van der Waals surface area contributed by atoms with Crippen molar-refractivity contribution in [3.05, 3.63) is 35.4 Å². The van der Waals surface area contributed by atoms with E-state index in [4.69, 9.17) is 5.11 Å². The zero-order valence-electron chi connectivity index (χ0n) is 10.6. The van der Waals surface area contributed by atoms with Crippen LogP contribution in [0.4, 0.5) is 22.0 Å². The summed E-state index contributed by atoms with van der Waals surface area (Å²) >= 11 is 0. The molecule has 1 aromatic carbocycles. The van der Waals surface area contributed by atoms with Crippen LogP contribution >= 0.6 is 0 Å². The van der Waals surface area contributed by atoms with Crippen molar-refractivity contribution >= 4 is 17.7 Å². The zero-order valence-corrected chi connectivity index (χ0v) is 10.6. The number of benzene rings is 1. The van der Waals surface area contributed by atoms with Gasteiger partial charge in [-0.1, -0.05) is 0 Å². The second-order valence-corrected chi connectivity index (χ2v) is 4.11. The molecule has 0 saturated carbocycles. The number of nitrogens with one attached hydrogen (secondary N) is 1. The summed E-state index contributed by atoms with van der Waals surface area (Å²) in [4.78, 5) is 33.1. The fourth-order valence-corrected chi connectivity index (χ4v) is 1.45. The third-order valence-electron chi connectivity index (χ3n) is 2.48. The number of ketones is 1. The maximum absolute atomic E-state index is 13.3. The molecule has 0 fully saturated rings. The number of amides is 1. The Labute approximate surface area is 119 Å².